The molecule has 0 aliphatic heterocycles. The van der Waals surface area contributed by atoms with Gasteiger partial charge >= 0.3 is 5.97 Å². The molecule has 1 aliphatic carbocycles. The summed E-state index contributed by atoms with van der Waals surface area (Å²) in [7, 11) is 1.36. The van der Waals surface area contributed by atoms with E-state index in [2.05, 4.69) is 17.2 Å². The number of ether oxygens (including phenoxy) is 1. The molecule has 0 bridgehead atoms. The highest BCUT2D eigenvalue weighted by Crippen LogP contribution is 2.32. The number of carbonyl (C=O) groups excluding carboxylic acids is 2. The molecule has 0 saturated heterocycles. The maximum atomic E-state index is 12.5. The average Bonchev–Trinajstić information content (AvgIpc) is 2.60. The summed E-state index contributed by atoms with van der Waals surface area (Å²) in [6.07, 6.45) is 3.29. The van der Waals surface area contributed by atoms with Gasteiger partial charge in [-0.05, 0) is 37.1 Å². The third-order valence-electron chi connectivity index (χ3n) is 4.07. The predicted molar refractivity (Wildman–Crippen MR) is 86.5 cm³/mol. The number of esters is 1. The van der Waals surface area contributed by atoms with E-state index in [1.807, 2.05) is 0 Å². The summed E-state index contributed by atoms with van der Waals surface area (Å²) < 4.78 is 4.82. The SMILES string of the molecule is COC(=O)C1CCCCC1C(=O)Nc1ccc(C#CCO)cc1. The summed E-state index contributed by atoms with van der Waals surface area (Å²) in [4.78, 5) is 24.3. The Hall–Kier alpha value is -2.32. The lowest BCUT2D eigenvalue weighted by Gasteiger charge is -2.28. The molecule has 2 atom stereocenters. The van der Waals surface area contributed by atoms with Crippen molar-refractivity contribution in [1.82, 2.24) is 0 Å². The fourth-order valence-corrected chi connectivity index (χ4v) is 2.89. The average molecular weight is 315 g/mol. The van der Waals surface area contributed by atoms with Crippen LogP contribution in [-0.2, 0) is 14.3 Å². The summed E-state index contributed by atoms with van der Waals surface area (Å²) in [5.74, 6) is 4.21. The number of rotatable bonds is 3. The maximum Gasteiger partial charge on any atom is 0.309 e. The lowest BCUT2D eigenvalue weighted by molar-refractivity contribution is -0.151. The first-order valence-corrected chi connectivity index (χ1v) is 7.74. The zero-order chi connectivity index (χ0) is 16.7. The van der Waals surface area contributed by atoms with E-state index in [0.29, 0.717) is 18.5 Å². The van der Waals surface area contributed by atoms with Crippen molar-refractivity contribution in [3.8, 4) is 11.8 Å². The topological polar surface area (TPSA) is 75.6 Å². The minimum Gasteiger partial charge on any atom is -0.469 e. The number of benzene rings is 1. The molecule has 0 radical (unpaired) electrons. The standard InChI is InChI=1S/C18H21NO4/c1-23-18(22)16-7-3-2-6-15(16)17(21)19-14-10-8-13(9-11-14)5-4-12-20/h8-11,15-16,20H,2-3,6-7,12H2,1H3,(H,19,21). The van der Waals surface area contributed by atoms with Gasteiger partial charge in [0.15, 0.2) is 0 Å². The minimum atomic E-state index is -0.358. The Bertz CT molecular complexity index is 612. The van der Waals surface area contributed by atoms with Gasteiger partial charge in [0, 0.05) is 11.3 Å². The van der Waals surface area contributed by atoms with Crippen molar-refractivity contribution in [3.63, 3.8) is 0 Å². The molecule has 1 aliphatic rings. The first kappa shape index (κ1) is 17.0. The molecule has 1 saturated carbocycles. The first-order chi connectivity index (χ1) is 11.2. The van der Waals surface area contributed by atoms with Crippen LogP contribution in [0, 0.1) is 23.7 Å². The van der Waals surface area contributed by atoms with Gasteiger partial charge in [0.25, 0.3) is 0 Å². The molecule has 2 rings (SSSR count). The number of amides is 1. The lowest BCUT2D eigenvalue weighted by Crippen LogP contribution is -2.36. The number of hydrogen-bond donors (Lipinski definition) is 2. The molecule has 122 valence electrons. The second kappa shape index (κ2) is 8.35. The zero-order valence-corrected chi connectivity index (χ0v) is 13.2. The van der Waals surface area contributed by atoms with Crippen LogP contribution < -0.4 is 5.32 Å². The fraction of sp³-hybridized carbons (Fsp3) is 0.444. The van der Waals surface area contributed by atoms with Crippen molar-refractivity contribution in [2.24, 2.45) is 11.8 Å². The highest BCUT2D eigenvalue weighted by molar-refractivity contribution is 5.95. The van der Waals surface area contributed by atoms with Gasteiger partial charge in [-0.15, -0.1) is 0 Å². The van der Waals surface area contributed by atoms with Crippen LogP contribution in [-0.4, -0.2) is 30.7 Å². The van der Waals surface area contributed by atoms with Gasteiger partial charge in [-0.2, -0.15) is 0 Å². The van der Waals surface area contributed by atoms with E-state index >= 15 is 0 Å². The molecule has 1 amide bonds. The van der Waals surface area contributed by atoms with E-state index < -0.39 is 0 Å². The van der Waals surface area contributed by atoms with Gasteiger partial charge in [0.05, 0.1) is 18.9 Å². The van der Waals surface area contributed by atoms with E-state index in [9.17, 15) is 9.59 Å². The molecule has 1 aromatic rings. The summed E-state index contributed by atoms with van der Waals surface area (Å²) in [6.45, 7) is -0.185. The van der Waals surface area contributed by atoms with Crippen LogP contribution in [0.25, 0.3) is 0 Å². The monoisotopic (exact) mass is 315 g/mol. The number of carbonyl (C=O) groups is 2. The minimum absolute atomic E-state index is 0.144. The Balaban J connectivity index is 2.03. The second-order valence-electron chi connectivity index (χ2n) is 5.55. The predicted octanol–water partition coefficient (Wildman–Crippen LogP) is 1.95. The Labute approximate surface area is 136 Å². The summed E-state index contributed by atoms with van der Waals surface area (Å²) in [5.41, 5.74) is 1.43. The smallest absolute Gasteiger partial charge is 0.309 e. The fourth-order valence-electron chi connectivity index (χ4n) is 2.89. The summed E-state index contributed by atoms with van der Waals surface area (Å²) in [5, 5.41) is 11.5. The van der Waals surface area contributed by atoms with Crippen molar-refractivity contribution in [2.45, 2.75) is 25.7 Å². The molecule has 1 aromatic carbocycles. The third-order valence-corrected chi connectivity index (χ3v) is 4.07. The van der Waals surface area contributed by atoms with E-state index in [0.717, 1.165) is 18.4 Å². The van der Waals surface area contributed by atoms with Crippen LogP contribution in [0.5, 0.6) is 0 Å². The normalized spacial score (nSPS) is 20.1. The van der Waals surface area contributed by atoms with E-state index in [4.69, 9.17) is 9.84 Å². The maximum absolute atomic E-state index is 12.5. The Morgan fingerprint density at radius 1 is 1.22 bits per heavy atom. The van der Waals surface area contributed by atoms with Gasteiger partial charge in [-0.1, -0.05) is 24.7 Å². The zero-order valence-electron chi connectivity index (χ0n) is 13.2. The Kier molecular flexibility index (Phi) is 6.19. The molecular formula is C18H21NO4. The molecule has 5 nitrogen and oxygen atoms in total. The van der Waals surface area contributed by atoms with Gasteiger partial charge in [0.1, 0.15) is 6.61 Å². The van der Waals surface area contributed by atoms with Crippen LogP contribution in [0.3, 0.4) is 0 Å². The number of anilines is 1. The summed E-state index contributed by atoms with van der Waals surface area (Å²) >= 11 is 0. The number of hydrogen-bond acceptors (Lipinski definition) is 4. The van der Waals surface area contributed by atoms with E-state index in [1.165, 1.54) is 7.11 Å². The highest BCUT2D eigenvalue weighted by atomic mass is 16.5. The molecule has 0 heterocycles. The van der Waals surface area contributed by atoms with Crippen molar-refractivity contribution in [2.75, 3.05) is 19.0 Å². The van der Waals surface area contributed by atoms with Crippen molar-refractivity contribution in [1.29, 1.82) is 0 Å². The second-order valence-corrected chi connectivity index (χ2v) is 5.55. The lowest BCUT2D eigenvalue weighted by atomic mass is 9.78. The van der Waals surface area contributed by atoms with Gasteiger partial charge in [0.2, 0.25) is 5.91 Å². The number of nitrogens with one attached hydrogen (secondary N) is 1. The number of aliphatic hydroxyl groups is 1. The number of methoxy groups -OCH3 is 1. The van der Waals surface area contributed by atoms with Crippen LogP contribution >= 0.6 is 0 Å². The molecule has 2 N–H and O–H groups in total. The third kappa shape index (κ3) is 4.57. The largest absolute Gasteiger partial charge is 0.469 e. The van der Waals surface area contributed by atoms with E-state index in [-0.39, 0.29) is 30.3 Å². The van der Waals surface area contributed by atoms with Gasteiger partial charge in [-0.3, -0.25) is 9.59 Å². The molecule has 1 fully saturated rings. The molecule has 2 unspecified atom stereocenters. The molecule has 23 heavy (non-hydrogen) atoms. The molecular weight excluding hydrogens is 294 g/mol. The van der Waals surface area contributed by atoms with E-state index in [1.54, 1.807) is 24.3 Å². The van der Waals surface area contributed by atoms with Crippen molar-refractivity contribution >= 4 is 17.6 Å². The molecule has 0 spiro atoms. The van der Waals surface area contributed by atoms with Crippen LogP contribution in [0.15, 0.2) is 24.3 Å². The van der Waals surface area contributed by atoms with Gasteiger partial charge in [-0.25, -0.2) is 0 Å². The van der Waals surface area contributed by atoms with Crippen LogP contribution in [0.1, 0.15) is 31.2 Å². The number of aliphatic hydroxyl groups excluding tert-OH is 1. The highest BCUT2D eigenvalue weighted by Gasteiger charge is 2.36. The summed E-state index contributed by atoms with van der Waals surface area (Å²) in [6, 6.07) is 7.07. The Morgan fingerprint density at radius 2 is 1.87 bits per heavy atom. The Morgan fingerprint density at radius 3 is 2.48 bits per heavy atom. The van der Waals surface area contributed by atoms with Crippen LogP contribution in [0.2, 0.25) is 0 Å². The molecule has 5 heteroatoms. The van der Waals surface area contributed by atoms with Crippen molar-refractivity contribution in [3.05, 3.63) is 29.8 Å². The van der Waals surface area contributed by atoms with Gasteiger partial charge < -0.3 is 15.2 Å². The quantitative estimate of drug-likeness (QED) is 0.660. The first-order valence-electron chi connectivity index (χ1n) is 7.74. The van der Waals surface area contributed by atoms with Crippen LogP contribution in [0.4, 0.5) is 5.69 Å². The van der Waals surface area contributed by atoms with Crippen molar-refractivity contribution < 1.29 is 19.4 Å². The molecule has 0 aromatic heterocycles.